The van der Waals surface area contributed by atoms with E-state index in [2.05, 4.69) is 29.2 Å². The van der Waals surface area contributed by atoms with Crippen LogP contribution in [0.4, 0.5) is 0 Å². The van der Waals surface area contributed by atoms with Gasteiger partial charge in [0.05, 0.1) is 25.2 Å². The van der Waals surface area contributed by atoms with Crippen LogP contribution < -0.4 is 0 Å². The third kappa shape index (κ3) is 3.38. The van der Waals surface area contributed by atoms with Gasteiger partial charge in [0.2, 0.25) is 5.91 Å². The molecule has 2 aliphatic heterocycles. The molecule has 0 unspecified atom stereocenters. The van der Waals surface area contributed by atoms with Crippen LogP contribution in [-0.4, -0.2) is 54.1 Å². The third-order valence-electron chi connectivity index (χ3n) is 4.90. The van der Waals surface area contributed by atoms with E-state index in [0.717, 1.165) is 37.7 Å². The minimum atomic E-state index is 0.148. The van der Waals surface area contributed by atoms with Gasteiger partial charge in [0.15, 0.2) is 0 Å². The molecule has 1 amide bonds. The molecular formula is C19H22N2O2S. The number of fused-ring (bicyclic) bond motifs is 1. The molecule has 2 atom stereocenters. The Morgan fingerprint density at radius 2 is 2.04 bits per heavy atom. The van der Waals surface area contributed by atoms with Crippen LogP contribution >= 0.6 is 11.3 Å². The minimum absolute atomic E-state index is 0.148. The van der Waals surface area contributed by atoms with E-state index in [4.69, 9.17) is 4.74 Å². The van der Waals surface area contributed by atoms with Crippen LogP contribution in [0.5, 0.6) is 0 Å². The molecule has 5 heteroatoms. The first-order valence-corrected chi connectivity index (χ1v) is 9.37. The van der Waals surface area contributed by atoms with Gasteiger partial charge in [-0.05, 0) is 17.0 Å². The summed E-state index contributed by atoms with van der Waals surface area (Å²) in [5.74, 6) is 0.218. The van der Waals surface area contributed by atoms with E-state index in [1.807, 2.05) is 28.5 Å². The van der Waals surface area contributed by atoms with Crippen molar-refractivity contribution in [2.75, 3.05) is 26.2 Å². The molecule has 4 nitrogen and oxygen atoms in total. The van der Waals surface area contributed by atoms with Crippen molar-refractivity contribution in [3.05, 3.63) is 58.3 Å². The zero-order chi connectivity index (χ0) is 16.4. The van der Waals surface area contributed by atoms with E-state index < -0.39 is 0 Å². The summed E-state index contributed by atoms with van der Waals surface area (Å²) in [6.45, 7) is 4.12. The summed E-state index contributed by atoms with van der Waals surface area (Å²) in [7, 11) is 0. The first kappa shape index (κ1) is 15.8. The Balaban J connectivity index is 1.41. The van der Waals surface area contributed by atoms with Crippen molar-refractivity contribution in [2.24, 2.45) is 0 Å². The third-order valence-corrected chi connectivity index (χ3v) is 5.78. The van der Waals surface area contributed by atoms with Crippen molar-refractivity contribution in [3.63, 3.8) is 0 Å². The largest absolute Gasteiger partial charge is 0.373 e. The highest BCUT2D eigenvalue weighted by atomic mass is 32.1. The Morgan fingerprint density at radius 3 is 2.83 bits per heavy atom. The van der Waals surface area contributed by atoms with Crippen LogP contribution in [0, 0.1) is 0 Å². The van der Waals surface area contributed by atoms with Crippen molar-refractivity contribution in [2.45, 2.75) is 25.1 Å². The molecule has 0 aliphatic carbocycles. The summed E-state index contributed by atoms with van der Waals surface area (Å²) in [4.78, 5) is 18.2. The highest BCUT2D eigenvalue weighted by Crippen LogP contribution is 2.25. The molecule has 0 radical (unpaired) electrons. The predicted molar refractivity (Wildman–Crippen MR) is 95.0 cm³/mol. The number of carbonyl (C=O) groups is 1. The van der Waals surface area contributed by atoms with Crippen LogP contribution in [0.25, 0.3) is 0 Å². The quantitative estimate of drug-likeness (QED) is 0.855. The lowest BCUT2D eigenvalue weighted by Gasteiger charge is -2.36. The molecule has 0 spiro atoms. The standard InChI is InChI=1S/C19H22N2O2S/c22-19(11-16-7-4-10-24-16)21-13-17-18(14-21)23-9-8-20(17)12-15-5-2-1-3-6-15/h1-7,10,17-18H,8-9,11-14H2/t17-,18-/m1/s1. The lowest BCUT2D eigenvalue weighted by atomic mass is 10.1. The van der Waals surface area contributed by atoms with E-state index in [1.165, 1.54) is 5.56 Å². The second-order valence-electron chi connectivity index (χ2n) is 6.49. The Bertz CT molecular complexity index is 674. The number of benzene rings is 1. The zero-order valence-electron chi connectivity index (χ0n) is 13.6. The van der Waals surface area contributed by atoms with Crippen molar-refractivity contribution in [1.82, 2.24) is 9.80 Å². The van der Waals surface area contributed by atoms with Crippen molar-refractivity contribution in [3.8, 4) is 0 Å². The monoisotopic (exact) mass is 342 g/mol. The topological polar surface area (TPSA) is 32.8 Å². The number of thiophene rings is 1. The van der Waals surface area contributed by atoms with Crippen molar-refractivity contribution >= 4 is 17.2 Å². The summed E-state index contributed by atoms with van der Waals surface area (Å²) < 4.78 is 5.95. The lowest BCUT2D eigenvalue weighted by Crippen LogP contribution is -2.50. The van der Waals surface area contributed by atoms with Gasteiger partial charge in [-0.15, -0.1) is 11.3 Å². The van der Waals surface area contributed by atoms with E-state index in [-0.39, 0.29) is 12.0 Å². The summed E-state index contributed by atoms with van der Waals surface area (Å²) in [6.07, 6.45) is 0.658. The number of ether oxygens (including phenoxy) is 1. The van der Waals surface area contributed by atoms with E-state index in [1.54, 1.807) is 11.3 Å². The second kappa shape index (κ2) is 7.05. The number of morpholine rings is 1. The van der Waals surface area contributed by atoms with Crippen molar-refractivity contribution in [1.29, 1.82) is 0 Å². The predicted octanol–water partition coefficient (Wildman–Crippen LogP) is 2.40. The fraction of sp³-hybridized carbons (Fsp3) is 0.421. The fourth-order valence-corrected chi connectivity index (χ4v) is 4.35. The van der Waals surface area contributed by atoms with Gasteiger partial charge in [-0.2, -0.15) is 0 Å². The first-order chi connectivity index (χ1) is 11.8. The van der Waals surface area contributed by atoms with Crippen LogP contribution in [0.1, 0.15) is 10.4 Å². The van der Waals surface area contributed by atoms with Gasteiger partial charge in [-0.3, -0.25) is 9.69 Å². The van der Waals surface area contributed by atoms with Gasteiger partial charge in [0.1, 0.15) is 0 Å². The summed E-state index contributed by atoms with van der Waals surface area (Å²) in [6, 6.07) is 14.9. The maximum absolute atomic E-state index is 12.6. The van der Waals surface area contributed by atoms with Gasteiger partial charge < -0.3 is 9.64 Å². The summed E-state index contributed by atoms with van der Waals surface area (Å²) in [5.41, 5.74) is 1.32. The van der Waals surface area contributed by atoms with Crippen molar-refractivity contribution < 1.29 is 9.53 Å². The van der Waals surface area contributed by atoms with Gasteiger partial charge in [0.25, 0.3) is 0 Å². The Hall–Kier alpha value is -1.69. The van der Waals surface area contributed by atoms with Gasteiger partial charge in [-0.25, -0.2) is 0 Å². The van der Waals surface area contributed by atoms with E-state index in [0.29, 0.717) is 12.5 Å². The molecule has 3 heterocycles. The molecule has 1 aromatic heterocycles. The average Bonchev–Trinajstić information content (AvgIpc) is 3.25. The molecular weight excluding hydrogens is 320 g/mol. The average molecular weight is 342 g/mol. The van der Waals surface area contributed by atoms with E-state index >= 15 is 0 Å². The van der Waals surface area contributed by atoms with Crippen LogP contribution in [0.15, 0.2) is 47.8 Å². The Morgan fingerprint density at radius 1 is 1.17 bits per heavy atom. The number of likely N-dealkylation sites (tertiary alicyclic amines) is 1. The number of amides is 1. The molecule has 2 aliphatic rings. The molecule has 126 valence electrons. The number of hydrogen-bond donors (Lipinski definition) is 0. The number of hydrogen-bond acceptors (Lipinski definition) is 4. The Labute approximate surface area is 146 Å². The molecule has 0 bridgehead atoms. The second-order valence-corrected chi connectivity index (χ2v) is 7.52. The molecule has 2 aromatic rings. The molecule has 2 fully saturated rings. The lowest BCUT2D eigenvalue weighted by molar-refractivity contribution is -0.129. The maximum atomic E-state index is 12.6. The molecule has 1 aromatic carbocycles. The molecule has 4 rings (SSSR count). The highest BCUT2D eigenvalue weighted by molar-refractivity contribution is 7.10. The minimum Gasteiger partial charge on any atom is -0.373 e. The number of rotatable bonds is 4. The highest BCUT2D eigenvalue weighted by Gasteiger charge is 2.41. The number of nitrogens with zero attached hydrogens (tertiary/aromatic N) is 2. The smallest absolute Gasteiger partial charge is 0.227 e. The fourth-order valence-electron chi connectivity index (χ4n) is 3.65. The summed E-state index contributed by atoms with van der Waals surface area (Å²) >= 11 is 1.65. The first-order valence-electron chi connectivity index (χ1n) is 8.49. The molecule has 24 heavy (non-hydrogen) atoms. The molecule has 2 saturated heterocycles. The zero-order valence-corrected chi connectivity index (χ0v) is 14.5. The van der Waals surface area contributed by atoms with Gasteiger partial charge in [-0.1, -0.05) is 36.4 Å². The number of carbonyl (C=O) groups excluding carboxylic acids is 1. The Kier molecular flexibility index (Phi) is 4.65. The van der Waals surface area contributed by atoms with Crippen LogP contribution in [0.3, 0.4) is 0 Å². The van der Waals surface area contributed by atoms with E-state index in [9.17, 15) is 4.79 Å². The maximum Gasteiger partial charge on any atom is 0.227 e. The normalized spacial score (nSPS) is 24.1. The SMILES string of the molecule is O=C(Cc1cccs1)N1C[C@@H]2[C@@H](C1)OCCN2Cc1ccccc1. The summed E-state index contributed by atoms with van der Waals surface area (Å²) in [5, 5.41) is 2.02. The van der Waals surface area contributed by atoms with Gasteiger partial charge in [0, 0.05) is 31.1 Å². The van der Waals surface area contributed by atoms with Gasteiger partial charge >= 0.3 is 0 Å². The molecule has 0 N–H and O–H groups in total. The van der Waals surface area contributed by atoms with Crippen LogP contribution in [0.2, 0.25) is 0 Å². The molecule has 0 saturated carbocycles. The van der Waals surface area contributed by atoms with Crippen LogP contribution in [-0.2, 0) is 22.5 Å².